The first-order chi connectivity index (χ1) is 13.1. The van der Waals surface area contributed by atoms with Gasteiger partial charge in [0, 0.05) is 35.5 Å². The van der Waals surface area contributed by atoms with Crippen molar-refractivity contribution in [3.63, 3.8) is 0 Å². The van der Waals surface area contributed by atoms with Crippen LogP contribution in [0.25, 0.3) is 0 Å². The average molecular weight is 403 g/mol. The summed E-state index contributed by atoms with van der Waals surface area (Å²) in [6.07, 6.45) is 4.62. The molecule has 0 unspecified atom stereocenters. The van der Waals surface area contributed by atoms with Gasteiger partial charge >= 0.3 is 0 Å². The number of benzene rings is 1. The fraction of sp³-hybridized carbons (Fsp3) is 0.429. The standard InChI is InChI=1S/C21H23ClN2O2S/c22-17-6-2-1-5-15(17)13-23-20(25)14-7-8-18-16(11-14)12-19(27-18)21(26)24-9-3-4-10-24/h1-2,5-6,12,14H,3-4,7-11,13H2,(H,23,25)/t14-/m0/s1. The monoisotopic (exact) mass is 402 g/mol. The minimum absolute atomic E-state index is 0.0377. The van der Waals surface area contributed by atoms with Gasteiger partial charge in [0.05, 0.1) is 4.88 Å². The van der Waals surface area contributed by atoms with Crippen LogP contribution in [0.5, 0.6) is 0 Å². The van der Waals surface area contributed by atoms with Crippen molar-refractivity contribution < 1.29 is 9.59 Å². The van der Waals surface area contributed by atoms with Crippen LogP contribution in [0.1, 0.15) is 44.9 Å². The molecule has 1 aromatic carbocycles. The number of fused-ring (bicyclic) bond motifs is 1. The van der Waals surface area contributed by atoms with Crippen LogP contribution in [0.4, 0.5) is 0 Å². The van der Waals surface area contributed by atoms with Gasteiger partial charge in [-0.2, -0.15) is 0 Å². The molecular formula is C21H23ClN2O2S. The fourth-order valence-electron chi connectivity index (χ4n) is 3.90. The van der Waals surface area contributed by atoms with E-state index in [-0.39, 0.29) is 17.7 Å². The summed E-state index contributed by atoms with van der Waals surface area (Å²) in [4.78, 5) is 29.3. The van der Waals surface area contributed by atoms with Gasteiger partial charge in [-0.3, -0.25) is 9.59 Å². The molecule has 1 N–H and O–H groups in total. The van der Waals surface area contributed by atoms with Crippen LogP contribution in [0.3, 0.4) is 0 Å². The van der Waals surface area contributed by atoms with Crippen LogP contribution >= 0.6 is 22.9 Å². The molecule has 1 aliphatic heterocycles. The Balaban J connectivity index is 1.38. The Morgan fingerprint density at radius 3 is 2.78 bits per heavy atom. The lowest BCUT2D eigenvalue weighted by atomic mass is 9.87. The summed E-state index contributed by atoms with van der Waals surface area (Å²) in [6, 6.07) is 9.59. The lowest BCUT2D eigenvalue weighted by Gasteiger charge is -2.21. The number of halogens is 1. The number of hydrogen-bond acceptors (Lipinski definition) is 3. The van der Waals surface area contributed by atoms with E-state index < -0.39 is 0 Å². The molecule has 0 bridgehead atoms. The summed E-state index contributed by atoms with van der Waals surface area (Å²) in [5.41, 5.74) is 2.10. The minimum atomic E-state index is -0.0377. The summed E-state index contributed by atoms with van der Waals surface area (Å²) >= 11 is 7.78. The van der Waals surface area contributed by atoms with E-state index in [1.54, 1.807) is 11.3 Å². The predicted molar refractivity (Wildman–Crippen MR) is 108 cm³/mol. The Bertz CT molecular complexity index is 858. The molecule has 27 heavy (non-hydrogen) atoms. The Kier molecular flexibility index (Phi) is 5.50. The zero-order valence-corrected chi connectivity index (χ0v) is 16.7. The second-order valence-electron chi connectivity index (χ2n) is 7.31. The number of nitrogens with one attached hydrogen (secondary N) is 1. The summed E-state index contributed by atoms with van der Waals surface area (Å²) < 4.78 is 0. The third kappa shape index (κ3) is 4.04. The van der Waals surface area contributed by atoms with Crippen molar-refractivity contribution in [2.45, 2.75) is 38.6 Å². The normalized spacial score (nSPS) is 19.0. The maximum atomic E-state index is 12.6. The van der Waals surface area contributed by atoms with E-state index >= 15 is 0 Å². The van der Waals surface area contributed by atoms with E-state index in [0.29, 0.717) is 18.0 Å². The molecule has 1 atom stereocenters. The van der Waals surface area contributed by atoms with Crippen LogP contribution < -0.4 is 5.32 Å². The van der Waals surface area contributed by atoms with Crippen molar-refractivity contribution in [3.05, 3.63) is 56.2 Å². The van der Waals surface area contributed by atoms with Gasteiger partial charge in [-0.1, -0.05) is 29.8 Å². The smallest absolute Gasteiger partial charge is 0.263 e. The third-order valence-electron chi connectivity index (χ3n) is 5.47. The molecule has 1 fully saturated rings. The van der Waals surface area contributed by atoms with Crippen LogP contribution in [0, 0.1) is 5.92 Å². The second-order valence-corrected chi connectivity index (χ2v) is 8.85. The molecular weight excluding hydrogens is 380 g/mol. The highest BCUT2D eigenvalue weighted by Gasteiger charge is 2.29. The lowest BCUT2D eigenvalue weighted by molar-refractivity contribution is -0.125. The number of carbonyl (C=O) groups is 2. The zero-order chi connectivity index (χ0) is 18.8. The minimum Gasteiger partial charge on any atom is -0.352 e. The number of thiophene rings is 1. The number of amides is 2. The number of rotatable bonds is 4. The molecule has 1 saturated heterocycles. The molecule has 2 heterocycles. The van der Waals surface area contributed by atoms with E-state index in [1.807, 2.05) is 35.2 Å². The van der Waals surface area contributed by atoms with Gasteiger partial charge in [0.15, 0.2) is 0 Å². The van der Waals surface area contributed by atoms with Gasteiger partial charge in [0.25, 0.3) is 5.91 Å². The molecule has 1 aliphatic carbocycles. The average Bonchev–Trinajstić information content (AvgIpc) is 3.35. The second kappa shape index (κ2) is 8.03. The third-order valence-corrected chi connectivity index (χ3v) is 7.06. The van der Waals surface area contributed by atoms with Gasteiger partial charge in [-0.15, -0.1) is 11.3 Å². The summed E-state index contributed by atoms with van der Waals surface area (Å²) in [6.45, 7) is 2.19. The van der Waals surface area contributed by atoms with Crippen molar-refractivity contribution in [2.75, 3.05) is 13.1 Å². The molecule has 4 nitrogen and oxygen atoms in total. The topological polar surface area (TPSA) is 49.4 Å². The van der Waals surface area contributed by atoms with E-state index in [9.17, 15) is 9.59 Å². The maximum Gasteiger partial charge on any atom is 0.263 e. The Morgan fingerprint density at radius 1 is 1.22 bits per heavy atom. The number of hydrogen-bond donors (Lipinski definition) is 1. The highest BCUT2D eigenvalue weighted by molar-refractivity contribution is 7.14. The first-order valence-corrected chi connectivity index (χ1v) is 10.7. The Hall–Kier alpha value is -1.85. The highest BCUT2D eigenvalue weighted by atomic mass is 35.5. The van der Waals surface area contributed by atoms with Crippen molar-refractivity contribution in [1.29, 1.82) is 0 Å². The SMILES string of the molecule is O=C(NCc1ccccc1Cl)[C@H]1CCc2sc(C(=O)N3CCCC3)cc2C1. The predicted octanol–water partition coefficient (Wildman–Crippen LogP) is 4.06. The Labute approximate surface area is 168 Å². The molecule has 0 spiro atoms. The molecule has 2 aliphatic rings. The van der Waals surface area contributed by atoms with E-state index in [0.717, 1.165) is 49.2 Å². The van der Waals surface area contributed by atoms with Gasteiger partial charge in [0.1, 0.15) is 0 Å². The van der Waals surface area contributed by atoms with Gasteiger partial charge < -0.3 is 10.2 Å². The van der Waals surface area contributed by atoms with Crippen molar-refractivity contribution >= 4 is 34.8 Å². The van der Waals surface area contributed by atoms with Crippen LogP contribution in [-0.2, 0) is 24.2 Å². The maximum absolute atomic E-state index is 12.6. The molecule has 142 valence electrons. The van der Waals surface area contributed by atoms with Gasteiger partial charge in [-0.05, 0) is 55.4 Å². The molecule has 6 heteroatoms. The van der Waals surface area contributed by atoms with E-state index in [1.165, 1.54) is 10.4 Å². The van der Waals surface area contributed by atoms with Crippen molar-refractivity contribution in [3.8, 4) is 0 Å². The van der Waals surface area contributed by atoms with Crippen molar-refractivity contribution in [2.24, 2.45) is 5.92 Å². The molecule has 4 rings (SSSR count). The molecule has 2 aromatic rings. The van der Waals surface area contributed by atoms with Gasteiger partial charge in [0.2, 0.25) is 5.91 Å². The summed E-state index contributed by atoms with van der Waals surface area (Å²) in [5, 5.41) is 3.69. The number of carbonyl (C=O) groups excluding carboxylic acids is 2. The lowest BCUT2D eigenvalue weighted by Crippen LogP contribution is -2.33. The van der Waals surface area contributed by atoms with Gasteiger partial charge in [-0.25, -0.2) is 0 Å². The van der Waals surface area contributed by atoms with E-state index in [4.69, 9.17) is 11.6 Å². The first-order valence-electron chi connectivity index (χ1n) is 9.54. The number of likely N-dealkylation sites (tertiary alicyclic amines) is 1. The largest absolute Gasteiger partial charge is 0.352 e. The van der Waals surface area contributed by atoms with Crippen LogP contribution in [-0.4, -0.2) is 29.8 Å². The number of nitrogens with zero attached hydrogens (tertiary/aromatic N) is 1. The Morgan fingerprint density at radius 2 is 2.00 bits per heavy atom. The molecule has 0 saturated carbocycles. The molecule has 0 radical (unpaired) electrons. The fourth-order valence-corrected chi connectivity index (χ4v) is 5.28. The van der Waals surface area contributed by atoms with Crippen LogP contribution in [0.2, 0.25) is 5.02 Å². The summed E-state index contributed by atoms with van der Waals surface area (Å²) in [7, 11) is 0. The number of aryl methyl sites for hydroxylation is 1. The quantitative estimate of drug-likeness (QED) is 0.838. The molecule has 2 amide bonds. The zero-order valence-electron chi connectivity index (χ0n) is 15.2. The van der Waals surface area contributed by atoms with Crippen molar-refractivity contribution in [1.82, 2.24) is 10.2 Å². The highest BCUT2D eigenvalue weighted by Crippen LogP contribution is 2.33. The first kappa shape index (κ1) is 18.5. The molecule has 1 aromatic heterocycles. The van der Waals surface area contributed by atoms with Crippen LogP contribution in [0.15, 0.2) is 30.3 Å². The summed E-state index contributed by atoms with van der Waals surface area (Å²) in [5.74, 6) is 0.190. The van der Waals surface area contributed by atoms with E-state index in [2.05, 4.69) is 5.32 Å².